The third-order valence-electron chi connectivity index (χ3n) is 6.38. The Bertz CT molecular complexity index is 1330. The van der Waals surface area contributed by atoms with E-state index in [0.717, 1.165) is 16.8 Å². The molecule has 0 aromatic heterocycles. The number of hydrogen-bond donors (Lipinski definition) is 2. The van der Waals surface area contributed by atoms with Gasteiger partial charge < -0.3 is 15.0 Å². The molecule has 0 aliphatic carbocycles. The van der Waals surface area contributed by atoms with E-state index in [4.69, 9.17) is 4.74 Å². The van der Waals surface area contributed by atoms with Gasteiger partial charge in [-0.05, 0) is 87.4 Å². The Labute approximate surface area is 237 Å². The number of rotatable bonds is 10. The quantitative estimate of drug-likeness (QED) is 0.405. The molecule has 1 amide bonds. The first-order valence-electron chi connectivity index (χ1n) is 13.6. The predicted octanol–water partition coefficient (Wildman–Crippen LogP) is 4.50. The van der Waals surface area contributed by atoms with E-state index in [-0.39, 0.29) is 35.5 Å². The molecule has 1 aliphatic rings. The maximum absolute atomic E-state index is 13.8. The van der Waals surface area contributed by atoms with Crippen molar-refractivity contribution in [2.75, 3.05) is 18.0 Å². The van der Waals surface area contributed by atoms with Gasteiger partial charge in [0, 0.05) is 18.8 Å². The summed E-state index contributed by atoms with van der Waals surface area (Å²) in [6, 6.07) is 9.31. The average molecular weight is 576 g/mol. The number of hydrogen-bond acceptors (Lipinski definition) is 6. The highest BCUT2D eigenvalue weighted by Gasteiger charge is 2.33. The van der Waals surface area contributed by atoms with Crippen LogP contribution in [0.25, 0.3) is 0 Å². The zero-order valence-electron chi connectivity index (χ0n) is 24.5. The van der Waals surface area contributed by atoms with E-state index in [0.29, 0.717) is 13.0 Å². The van der Waals surface area contributed by atoms with Crippen molar-refractivity contribution >= 4 is 27.6 Å². The molecule has 0 radical (unpaired) electrons. The molecular weight excluding hydrogens is 533 g/mol. The van der Waals surface area contributed by atoms with Gasteiger partial charge in [-0.3, -0.25) is 9.59 Å². The maximum Gasteiger partial charge on any atom is 0.308 e. The molecule has 2 unspecified atom stereocenters. The molecule has 10 heteroatoms. The van der Waals surface area contributed by atoms with E-state index < -0.39 is 39.6 Å². The molecule has 220 valence electrons. The first kappa shape index (κ1) is 31.5. The summed E-state index contributed by atoms with van der Waals surface area (Å²) in [5.41, 5.74) is 1.40. The molecule has 1 heterocycles. The van der Waals surface area contributed by atoms with Crippen molar-refractivity contribution in [3.63, 3.8) is 0 Å². The highest BCUT2D eigenvalue weighted by atomic mass is 32.2. The van der Waals surface area contributed by atoms with Crippen molar-refractivity contribution in [2.45, 2.75) is 90.3 Å². The van der Waals surface area contributed by atoms with E-state index in [2.05, 4.69) is 10.0 Å². The lowest BCUT2D eigenvalue weighted by Crippen LogP contribution is -2.53. The van der Waals surface area contributed by atoms with Gasteiger partial charge in [-0.2, -0.15) is 4.72 Å². The van der Waals surface area contributed by atoms with E-state index in [1.165, 1.54) is 18.2 Å². The van der Waals surface area contributed by atoms with Crippen LogP contribution in [0, 0.1) is 18.2 Å². The fourth-order valence-corrected chi connectivity index (χ4v) is 6.08. The van der Waals surface area contributed by atoms with Gasteiger partial charge in [0.2, 0.25) is 15.9 Å². The standard InChI is InChI=1S/C30H42FN3O5S/c1-20-9-8-10-24(15-20)40(37,38)33-25(18-29(2,3)4)28(36)32-23(17-27(35)39-30(5,6)7)19-34-14-13-21-16-22(31)11-12-26(21)34/h8-12,15-16,23,25,33H,13-14,17-19H2,1-7H3,(H,32,36). The summed E-state index contributed by atoms with van der Waals surface area (Å²) in [5, 5.41) is 2.93. The average Bonchev–Trinajstić information content (AvgIpc) is 3.17. The Morgan fingerprint density at radius 1 is 1.07 bits per heavy atom. The van der Waals surface area contributed by atoms with Crippen LogP contribution in [0.15, 0.2) is 47.4 Å². The minimum absolute atomic E-state index is 0.0745. The summed E-state index contributed by atoms with van der Waals surface area (Å²) in [6.07, 6.45) is 0.765. The Morgan fingerprint density at radius 3 is 2.40 bits per heavy atom. The molecular formula is C30H42FN3O5S. The van der Waals surface area contributed by atoms with Gasteiger partial charge in [0.25, 0.3) is 0 Å². The second kappa shape index (κ2) is 12.3. The molecule has 2 atom stereocenters. The number of ether oxygens (including phenoxy) is 1. The number of esters is 1. The van der Waals surface area contributed by atoms with Crippen molar-refractivity contribution in [1.29, 1.82) is 0 Å². The van der Waals surface area contributed by atoms with Gasteiger partial charge >= 0.3 is 5.97 Å². The molecule has 2 aromatic carbocycles. The normalized spacial score (nSPS) is 15.3. The highest BCUT2D eigenvalue weighted by molar-refractivity contribution is 7.89. The SMILES string of the molecule is Cc1cccc(S(=O)(=O)NC(CC(C)(C)C)C(=O)NC(CC(=O)OC(C)(C)C)CN2CCc3cc(F)ccc32)c1. The molecule has 2 aromatic rings. The molecule has 2 N–H and O–H groups in total. The summed E-state index contributed by atoms with van der Waals surface area (Å²) < 4.78 is 48.4. The number of anilines is 1. The van der Waals surface area contributed by atoms with Crippen molar-refractivity contribution < 1.29 is 27.1 Å². The van der Waals surface area contributed by atoms with Crippen LogP contribution in [0.3, 0.4) is 0 Å². The van der Waals surface area contributed by atoms with Gasteiger partial charge in [0.1, 0.15) is 17.5 Å². The largest absolute Gasteiger partial charge is 0.460 e. The van der Waals surface area contributed by atoms with Crippen LogP contribution in [-0.4, -0.2) is 51.1 Å². The second-order valence-corrected chi connectivity index (χ2v) is 14.4. The topological polar surface area (TPSA) is 105 Å². The summed E-state index contributed by atoms with van der Waals surface area (Å²) in [5.74, 6) is -1.33. The fraction of sp³-hybridized carbons (Fsp3) is 0.533. The second-order valence-electron chi connectivity index (χ2n) is 12.7. The zero-order chi connectivity index (χ0) is 29.9. The number of fused-ring (bicyclic) bond motifs is 1. The van der Waals surface area contributed by atoms with Gasteiger partial charge in [-0.25, -0.2) is 12.8 Å². The molecule has 8 nitrogen and oxygen atoms in total. The number of nitrogens with one attached hydrogen (secondary N) is 2. The Kier molecular flexibility index (Phi) is 9.67. The van der Waals surface area contributed by atoms with Gasteiger partial charge in [-0.15, -0.1) is 0 Å². The van der Waals surface area contributed by atoms with Crippen molar-refractivity contribution in [1.82, 2.24) is 10.0 Å². The van der Waals surface area contributed by atoms with E-state index in [9.17, 15) is 22.4 Å². The lowest BCUT2D eigenvalue weighted by Gasteiger charge is -2.31. The molecule has 0 saturated heterocycles. The molecule has 0 bridgehead atoms. The Hall–Kier alpha value is -2.98. The summed E-state index contributed by atoms with van der Waals surface area (Å²) >= 11 is 0. The number of carbonyl (C=O) groups is 2. The van der Waals surface area contributed by atoms with Gasteiger partial charge in [0.15, 0.2) is 0 Å². The lowest BCUT2D eigenvalue weighted by atomic mass is 9.88. The summed E-state index contributed by atoms with van der Waals surface area (Å²) in [4.78, 5) is 28.6. The smallest absolute Gasteiger partial charge is 0.308 e. The maximum atomic E-state index is 13.8. The molecule has 1 aliphatic heterocycles. The number of nitrogens with zero attached hydrogens (tertiary/aromatic N) is 1. The summed E-state index contributed by atoms with van der Waals surface area (Å²) in [7, 11) is -4.00. The van der Waals surface area contributed by atoms with Crippen molar-refractivity contribution in [3.8, 4) is 0 Å². The number of sulfonamides is 1. The van der Waals surface area contributed by atoms with Crippen LogP contribution >= 0.6 is 0 Å². The van der Waals surface area contributed by atoms with Crippen molar-refractivity contribution in [3.05, 3.63) is 59.4 Å². The van der Waals surface area contributed by atoms with Crippen LogP contribution in [0.4, 0.5) is 10.1 Å². The molecule has 0 spiro atoms. The lowest BCUT2D eigenvalue weighted by molar-refractivity contribution is -0.155. The molecule has 40 heavy (non-hydrogen) atoms. The minimum Gasteiger partial charge on any atom is -0.460 e. The number of amides is 1. The molecule has 0 fully saturated rings. The predicted molar refractivity (Wildman–Crippen MR) is 154 cm³/mol. The van der Waals surface area contributed by atoms with E-state index in [1.54, 1.807) is 52.0 Å². The minimum atomic E-state index is -4.00. The monoisotopic (exact) mass is 575 g/mol. The van der Waals surface area contributed by atoms with E-state index >= 15 is 0 Å². The van der Waals surface area contributed by atoms with E-state index in [1.807, 2.05) is 25.7 Å². The first-order valence-corrected chi connectivity index (χ1v) is 15.0. The van der Waals surface area contributed by atoms with Crippen LogP contribution < -0.4 is 14.9 Å². The third-order valence-corrected chi connectivity index (χ3v) is 7.85. The number of carbonyl (C=O) groups excluding carboxylic acids is 2. The summed E-state index contributed by atoms with van der Waals surface area (Å²) in [6.45, 7) is 13.7. The Morgan fingerprint density at radius 2 is 1.77 bits per heavy atom. The van der Waals surface area contributed by atoms with Crippen molar-refractivity contribution in [2.24, 2.45) is 5.41 Å². The van der Waals surface area contributed by atoms with Gasteiger partial charge in [0.05, 0.1) is 17.4 Å². The number of aryl methyl sites for hydroxylation is 1. The third kappa shape index (κ3) is 9.30. The molecule has 3 rings (SSSR count). The van der Waals surface area contributed by atoms with Crippen LogP contribution in [0.5, 0.6) is 0 Å². The molecule has 0 saturated carbocycles. The number of benzene rings is 2. The van der Waals surface area contributed by atoms with Gasteiger partial charge in [-0.1, -0.05) is 32.9 Å². The Balaban J connectivity index is 1.85. The fourth-order valence-electron chi connectivity index (χ4n) is 4.78. The van der Waals surface area contributed by atoms with Crippen LogP contribution in [0.1, 0.15) is 65.5 Å². The highest BCUT2D eigenvalue weighted by Crippen LogP contribution is 2.29. The zero-order valence-corrected chi connectivity index (χ0v) is 25.3. The van der Waals surface area contributed by atoms with Crippen LogP contribution in [-0.2, 0) is 30.8 Å². The number of halogens is 1. The van der Waals surface area contributed by atoms with Crippen LogP contribution in [0.2, 0.25) is 0 Å². The first-order chi connectivity index (χ1) is 18.4.